The van der Waals surface area contributed by atoms with Crippen molar-refractivity contribution >= 4 is 24.5 Å². The Balaban J connectivity index is 2.51. The van der Waals surface area contributed by atoms with Crippen LogP contribution in [0.1, 0.15) is 5.56 Å². The molecule has 4 heteroatoms. The SMILES string of the molecule is C[Si](C)(O)c1ccc2ccc(CCN)cc2n1. The van der Waals surface area contributed by atoms with Crippen molar-refractivity contribution in [3.63, 3.8) is 0 Å². The summed E-state index contributed by atoms with van der Waals surface area (Å²) < 4.78 is 0. The van der Waals surface area contributed by atoms with Crippen LogP contribution in [0, 0.1) is 0 Å². The lowest BCUT2D eigenvalue weighted by Gasteiger charge is -2.14. The van der Waals surface area contributed by atoms with E-state index in [-0.39, 0.29) is 0 Å². The van der Waals surface area contributed by atoms with Gasteiger partial charge in [-0.2, -0.15) is 0 Å². The molecular formula is C13H18N2OSi. The van der Waals surface area contributed by atoms with Gasteiger partial charge in [-0.3, -0.25) is 4.98 Å². The lowest BCUT2D eigenvalue weighted by molar-refractivity contribution is 0.567. The quantitative estimate of drug-likeness (QED) is 0.799. The van der Waals surface area contributed by atoms with Gasteiger partial charge in [0.25, 0.3) is 0 Å². The molecule has 1 aromatic heterocycles. The van der Waals surface area contributed by atoms with Gasteiger partial charge in [0.2, 0.25) is 8.32 Å². The second-order valence-electron chi connectivity index (χ2n) is 4.82. The third kappa shape index (κ3) is 2.72. The van der Waals surface area contributed by atoms with Gasteiger partial charge in [-0.1, -0.05) is 18.2 Å². The minimum Gasteiger partial charge on any atom is -0.426 e. The van der Waals surface area contributed by atoms with E-state index in [4.69, 9.17) is 5.73 Å². The number of rotatable bonds is 3. The first-order valence-electron chi connectivity index (χ1n) is 5.83. The van der Waals surface area contributed by atoms with Gasteiger partial charge >= 0.3 is 0 Å². The monoisotopic (exact) mass is 246 g/mol. The van der Waals surface area contributed by atoms with E-state index in [1.54, 1.807) is 0 Å². The molecule has 0 unspecified atom stereocenters. The number of hydrogen-bond donors (Lipinski definition) is 2. The van der Waals surface area contributed by atoms with E-state index in [2.05, 4.69) is 23.2 Å². The normalized spacial score (nSPS) is 12.0. The minimum atomic E-state index is -2.32. The lowest BCUT2D eigenvalue weighted by Crippen LogP contribution is -2.43. The van der Waals surface area contributed by atoms with Crippen LogP contribution in [0.15, 0.2) is 30.3 Å². The van der Waals surface area contributed by atoms with Crippen LogP contribution in [0.5, 0.6) is 0 Å². The molecular weight excluding hydrogens is 228 g/mol. The zero-order chi connectivity index (χ0) is 12.5. The molecule has 3 N–H and O–H groups in total. The molecule has 0 spiro atoms. The van der Waals surface area contributed by atoms with E-state index in [0.717, 1.165) is 22.6 Å². The van der Waals surface area contributed by atoms with Crippen LogP contribution in [0.25, 0.3) is 10.9 Å². The average Bonchev–Trinajstić information content (AvgIpc) is 2.27. The first-order chi connectivity index (χ1) is 8.00. The van der Waals surface area contributed by atoms with Crippen molar-refractivity contribution < 1.29 is 4.80 Å². The Morgan fingerprint density at radius 1 is 1.24 bits per heavy atom. The highest BCUT2D eigenvalue weighted by atomic mass is 28.4. The second kappa shape index (κ2) is 4.56. The number of pyridine rings is 1. The Hall–Kier alpha value is -1.23. The Bertz CT molecular complexity index is 534. The minimum absolute atomic E-state index is 0.644. The lowest BCUT2D eigenvalue weighted by atomic mass is 10.1. The molecule has 3 nitrogen and oxygen atoms in total. The number of nitrogens with zero attached hydrogens (tertiary/aromatic N) is 1. The molecule has 0 saturated heterocycles. The summed E-state index contributed by atoms with van der Waals surface area (Å²) in [5.41, 5.74) is 7.69. The molecule has 0 radical (unpaired) electrons. The van der Waals surface area contributed by atoms with E-state index in [1.807, 2.05) is 25.2 Å². The molecule has 17 heavy (non-hydrogen) atoms. The average molecular weight is 246 g/mol. The highest BCUT2D eigenvalue weighted by Gasteiger charge is 2.21. The fraction of sp³-hybridized carbons (Fsp3) is 0.308. The standard InChI is InChI=1S/C13H18N2OSi/c1-17(2,16)13-6-5-11-4-3-10(7-8-14)9-12(11)15-13/h3-6,9,16H,7-8,14H2,1-2H3. The van der Waals surface area contributed by atoms with Gasteiger partial charge < -0.3 is 10.5 Å². The van der Waals surface area contributed by atoms with Crippen molar-refractivity contribution in [2.75, 3.05) is 6.54 Å². The Labute approximate surface area is 102 Å². The summed E-state index contributed by atoms with van der Waals surface area (Å²) in [7, 11) is -2.32. The van der Waals surface area contributed by atoms with Crippen molar-refractivity contribution in [2.24, 2.45) is 5.73 Å². The molecule has 0 atom stereocenters. The summed E-state index contributed by atoms with van der Waals surface area (Å²) in [5, 5.41) is 1.93. The van der Waals surface area contributed by atoms with Crippen LogP contribution in [-0.4, -0.2) is 24.6 Å². The highest BCUT2D eigenvalue weighted by Crippen LogP contribution is 2.13. The number of benzene rings is 1. The molecule has 0 fully saturated rings. The van der Waals surface area contributed by atoms with Crippen molar-refractivity contribution in [3.05, 3.63) is 35.9 Å². The maximum atomic E-state index is 10.1. The third-order valence-corrected chi connectivity index (χ3v) is 4.35. The molecule has 2 rings (SSSR count). The Kier molecular flexibility index (Phi) is 3.28. The van der Waals surface area contributed by atoms with Gasteiger partial charge in [0.05, 0.1) is 10.8 Å². The first-order valence-corrected chi connectivity index (χ1v) is 8.78. The van der Waals surface area contributed by atoms with E-state index in [1.165, 1.54) is 5.56 Å². The van der Waals surface area contributed by atoms with Crippen molar-refractivity contribution in [1.82, 2.24) is 4.98 Å². The van der Waals surface area contributed by atoms with Crippen LogP contribution >= 0.6 is 0 Å². The second-order valence-corrected chi connectivity index (χ2v) is 8.45. The number of nitrogens with two attached hydrogens (primary N) is 1. The highest BCUT2D eigenvalue weighted by molar-refractivity contribution is 6.82. The van der Waals surface area contributed by atoms with Gasteiger partial charge in [-0.25, -0.2) is 0 Å². The zero-order valence-electron chi connectivity index (χ0n) is 10.3. The van der Waals surface area contributed by atoms with Crippen LogP contribution in [-0.2, 0) is 6.42 Å². The van der Waals surface area contributed by atoms with Crippen LogP contribution in [0.3, 0.4) is 0 Å². The van der Waals surface area contributed by atoms with Gasteiger partial charge in [-0.05, 0) is 43.8 Å². The molecule has 0 aliphatic rings. The summed E-state index contributed by atoms with van der Waals surface area (Å²) in [6.45, 7) is 4.40. The van der Waals surface area contributed by atoms with Gasteiger partial charge in [-0.15, -0.1) is 0 Å². The van der Waals surface area contributed by atoms with E-state index >= 15 is 0 Å². The van der Waals surface area contributed by atoms with Crippen LogP contribution in [0.4, 0.5) is 0 Å². The molecule has 1 heterocycles. The smallest absolute Gasteiger partial charge is 0.233 e. The van der Waals surface area contributed by atoms with E-state index in [9.17, 15) is 4.80 Å². The summed E-state index contributed by atoms with van der Waals surface area (Å²) >= 11 is 0. The zero-order valence-corrected chi connectivity index (χ0v) is 11.3. The fourth-order valence-corrected chi connectivity index (χ4v) is 2.71. The molecule has 0 saturated carbocycles. The largest absolute Gasteiger partial charge is 0.426 e. The predicted octanol–water partition coefficient (Wildman–Crippen LogP) is 1.14. The van der Waals surface area contributed by atoms with Crippen molar-refractivity contribution in [2.45, 2.75) is 19.5 Å². The summed E-state index contributed by atoms with van der Waals surface area (Å²) in [5.74, 6) is 0. The number of hydrogen-bond acceptors (Lipinski definition) is 3. The summed E-state index contributed by atoms with van der Waals surface area (Å²) in [4.78, 5) is 14.6. The number of fused-ring (bicyclic) bond motifs is 1. The Morgan fingerprint density at radius 3 is 2.59 bits per heavy atom. The van der Waals surface area contributed by atoms with Crippen molar-refractivity contribution in [1.29, 1.82) is 0 Å². The van der Waals surface area contributed by atoms with Gasteiger partial charge in [0, 0.05) is 5.39 Å². The Morgan fingerprint density at radius 2 is 1.94 bits per heavy atom. The molecule has 0 amide bonds. The van der Waals surface area contributed by atoms with E-state index < -0.39 is 8.32 Å². The third-order valence-electron chi connectivity index (χ3n) is 2.82. The van der Waals surface area contributed by atoms with Crippen LogP contribution in [0.2, 0.25) is 13.1 Å². The molecule has 2 aromatic rings. The fourth-order valence-electron chi connectivity index (χ4n) is 1.83. The predicted molar refractivity (Wildman–Crippen MR) is 73.8 cm³/mol. The summed E-state index contributed by atoms with van der Waals surface area (Å²) in [6.07, 6.45) is 0.863. The molecule has 0 aliphatic carbocycles. The number of aromatic nitrogens is 1. The van der Waals surface area contributed by atoms with Gasteiger partial charge in [0.1, 0.15) is 0 Å². The maximum Gasteiger partial charge on any atom is 0.233 e. The molecule has 90 valence electrons. The first kappa shape index (κ1) is 12.2. The van der Waals surface area contributed by atoms with Gasteiger partial charge in [0.15, 0.2) is 0 Å². The topological polar surface area (TPSA) is 59.1 Å². The van der Waals surface area contributed by atoms with Crippen LogP contribution < -0.4 is 11.1 Å². The molecule has 0 aliphatic heterocycles. The molecule has 0 bridgehead atoms. The molecule has 1 aromatic carbocycles. The van der Waals surface area contributed by atoms with Crippen molar-refractivity contribution in [3.8, 4) is 0 Å². The maximum absolute atomic E-state index is 10.1. The van der Waals surface area contributed by atoms with E-state index in [0.29, 0.717) is 6.54 Å². The summed E-state index contributed by atoms with van der Waals surface area (Å²) in [6, 6.07) is 10.2.